The van der Waals surface area contributed by atoms with Crippen LogP contribution in [0, 0.1) is 31.8 Å². The van der Waals surface area contributed by atoms with Gasteiger partial charge >= 0.3 is 0 Å². The molecule has 0 radical (unpaired) electrons. The Labute approximate surface area is 218 Å². The van der Waals surface area contributed by atoms with Gasteiger partial charge in [-0.1, -0.05) is 36.4 Å². The monoisotopic (exact) mass is 493 g/mol. The van der Waals surface area contributed by atoms with Gasteiger partial charge in [-0.3, -0.25) is 4.98 Å². The third kappa shape index (κ3) is 3.89. The van der Waals surface area contributed by atoms with Crippen molar-refractivity contribution in [2.75, 3.05) is 0 Å². The third-order valence-corrected chi connectivity index (χ3v) is 6.34. The second-order valence-corrected chi connectivity index (χ2v) is 8.78. The minimum atomic E-state index is 0.0483. The number of nitrogens with zero attached hydrogens (tertiary/aromatic N) is 5. The van der Waals surface area contributed by atoms with E-state index in [2.05, 4.69) is 9.83 Å². The highest BCUT2D eigenvalue weighted by atomic mass is 16.5. The molecule has 0 bridgehead atoms. The molecule has 7 nitrogen and oxygen atoms in total. The molecule has 180 valence electrons. The highest BCUT2D eigenvalue weighted by Gasteiger charge is 2.20. The second kappa shape index (κ2) is 9.16. The van der Waals surface area contributed by atoms with Gasteiger partial charge in [0, 0.05) is 21.9 Å². The maximum atomic E-state index is 9.70. The number of hydrogen-bond donors (Lipinski definition) is 0. The van der Waals surface area contributed by atoms with E-state index in [0.29, 0.717) is 44.6 Å². The molecule has 0 unspecified atom stereocenters. The predicted molar refractivity (Wildman–Crippen MR) is 146 cm³/mol. The molecule has 3 heterocycles. The number of aryl methyl sites for hydroxylation is 2. The Kier molecular flexibility index (Phi) is 5.52. The fourth-order valence-electron chi connectivity index (χ4n) is 4.37. The normalized spacial score (nSPS) is 10.8. The van der Waals surface area contributed by atoms with Crippen molar-refractivity contribution >= 4 is 38.4 Å². The maximum absolute atomic E-state index is 9.70. The van der Waals surface area contributed by atoms with Crippen LogP contribution in [0.4, 0.5) is 5.69 Å². The van der Waals surface area contributed by atoms with Crippen LogP contribution in [0.15, 0.2) is 78.9 Å². The molecule has 38 heavy (non-hydrogen) atoms. The Morgan fingerprint density at radius 3 is 1.97 bits per heavy atom. The summed E-state index contributed by atoms with van der Waals surface area (Å²) in [5.41, 5.74) is 3.88. The SMILES string of the molecule is [C-]#[N+]c1cc2c3nc(C)c(C)cc3c3nc(Oc4ccccc4)c(Oc4ccccc4)cc3c2nc1C#N. The van der Waals surface area contributed by atoms with Crippen LogP contribution in [0.25, 0.3) is 37.6 Å². The van der Waals surface area contributed by atoms with E-state index in [9.17, 15) is 5.26 Å². The van der Waals surface area contributed by atoms with Crippen molar-refractivity contribution in [3.05, 3.63) is 107 Å². The molecule has 0 aliphatic carbocycles. The summed E-state index contributed by atoms with van der Waals surface area (Å²) in [4.78, 5) is 17.9. The van der Waals surface area contributed by atoms with Crippen LogP contribution in [-0.4, -0.2) is 15.0 Å². The van der Waals surface area contributed by atoms with Crippen molar-refractivity contribution < 1.29 is 9.47 Å². The lowest BCUT2D eigenvalue weighted by atomic mass is 10.0. The Morgan fingerprint density at radius 1 is 0.737 bits per heavy atom. The lowest BCUT2D eigenvalue weighted by molar-refractivity contribution is 0.407. The number of rotatable bonds is 4. The van der Waals surface area contributed by atoms with Gasteiger partial charge < -0.3 is 9.47 Å². The Hall–Kier alpha value is -5.53. The molecule has 0 spiro atoms. The molecule has 6 rings (SSSR count). The molecular weight excluding hydrogens is 474 g/mol. The Morgan fingerprint density at radius 2 is 1.32 bits per heavy atom. The fraction of sp³-hybridized carbons (Fsp3) is 0.0645. The summed E-state index contributed by atoms with van der Waals surface area (Å²) < 4.78 is 12.5. The minimum absolute atomic E-state index is 0.0483. The quantitative estimate of drug-likeness (QED) is 0.183. The molecule has 0 saturated heterocycles. The van der Waals surface area contributed by atoms with Crippen LogP contribution in [0.3, 0.4) is 0 Å². The first-order valence-electron chi connectivity index (χ1n) is 11.9. The molecule has 3 aromatic heterocycles. The molecule has 0 aliphatic rings. The number of benzene rings is 3. The summed E-state index contributed by atoms with van der Waals surface area (Å²) >= 11 is 0. The summed E-state index contributed by atoms with van der Waals surface area (Å²) in [5, 5.41) is 11.8. The van der Waals surface area contributed by atoms with E-state index < -0.39 is 0 Å². The summed E-state index contributed by atoms with van der Waals surface area (Å²) in [7, 11) is 0. The van der Waals surface area contributed by atoms with Crippen molar-refractivity contribution in [2.45, 2.75) is 13.8 Å². The first kappa shape index (κ1) is 22.9. The summed E-state index contributed by atoms with van der Waals surface area (Å²) in [6.45, 7) is 11.5. The van der Waals surface area contributed by atoms with E-state index in [1.807, 2.05) is 92.7 Å². The van der Waals surface area contributed by atoms with Gasteiger partial charge in [0.2, 0.25) is 5.69 Å². The number of fused-ring (bicyclic) bond motifs is 6. The standard InChI is InChI=1S/C31H19N5O2/c1-18-14-22-28(34-19(18)2)23-15-25(33-3)26(17-32)35-29(23)24-16-27(37-20-10-6-4-7-11-20)31(36-30(22)24)38-21-12-8-5-9-13-21/h4-16H,1-2H3. The highest BCUT2D eigenvalue weighted by Crippen LogP contribution is 2.42. The number of pyridine rings is 3. The van der Waals surface area contributed by atoms with Crippen LogP contribution in [0.1, 0.15) is 17.0 Å². The molecule has 3 aromatic carbocycles. The number of nitriles is 1. The largest absolute Gasteiger partial charge is 0.452 e. The zero-order valence-corrected chi connectivity index (χ0v) is 20.6. The van der Waals surface area contributed by atoms with Gasteiger partial charge in [0.25, 0.3) is 5.88 Å². The summed E-state index contributed by atoms with van der Waals surface area (Å²) in [6.07, 6.45) is 0. The van der Waals surface area contributed by atoms with E-state index in [0.717, 1.165) is 16.6 Å². The molecule has 0 amide bonds. The van der Waals surface area contributed by atoms with Crippen molar-refractivity contribution in [2.24, 2.45) is 0 Å². The molecule has 0 saturated carbocycles. The topological polar surface area (TPSA) is 85.3 Å². The van der Waals surface area contributed by atoms with Crippen molar-refractivity contribution in [3.8, 4) is 29.2 Å². The first-order chi connectivity index (χ1) is 18.6. The van der Waals surface area contributed by atoms with E-state index in [1.165, 1.54) is 0 Å². The first-order valence-corrected chi connectivity index (χ1v) is 11.9. The summed E-state index contributed by atoms with van der Waals surface area (Å²) in [5.74, 6) is 1.90. The van der Waals surface area contributed by atoms with Gasteiger partial charge in [-0.05, 0) is 61.9 Å². The average molecular weight is 494 g/mol. The maximum Gasteiger partial charge on any atom is 0.263 e. The van der Waals surface area contributed by atoms with Crippen LogP contribution in [-0.2, 0) is 0 Å². The number of para-hydroxylation sites is 2. The predicted octanol–water partition coefficient (Wildman–Crippen LogP) is 7.96. The van der Waals surface area contributed by atoms with Gasteiger partial charge in [0.15, 0.2) is 5.75 Å². The van der Waals surface area contributed by atoms with Gasteiger partial charge in [0.05, 0.1) is 23.1 Å². The van der Waals surface area contributed by atoms with Gasteiger partial charge in [-0.25, -0.2) is 14.8 Å². The zero-order valence-electron chi connectivity index (χ0n) is 20.6. The lowest BCUT2D eigenvalue weighted by Gasteiger charge is -2.16. The molecule has 0 atom stereocenters. The molecule has 0 fully saturated rings. The van der Waals surface area contributed by atoms with E-state index >= 15 is 0 Å². The fourth-order valence-corrected chi connectivity index (χ4v) is 4.37. The Balaban J connectivity index is 1.74. The van der Waals surface area contributed by atoms with E-state index in [1.54, 1.807) is 6.07 Å². The smallest absolute Gasteiger partial charge is 0.263 e. The van der Waals surface area contributed by atoms with Gasteiger partial charge in [-0.15, -0.1) is 0 Å². The molecule has 0 N–H and O–H groups in total. The second-order valence-electron chi connectivity index (χ2n) is 8.78. The highest BCUT2D eigenvalue weighted by molar-refractivity contribution is 6.22. The van der Waals surface area contributed by atoms with Crippen molar-refractivity contribution in [1.29, 1.82) is 5.26 Å². The van der Waals surface area contributed by atoms with Crippen LogP contribution in [0.2, 0.25) is 0 Å². The molecular formula is C31H19N5O2. The number of ether oxygens (including phenoxy) is 2. The van der Waals surface area contributed by atoms with Crippen LogP contribution < -0.4 is 9.47 Å². The van der Waals surface area contributed by atoms with E-state index in [-0.39, 0.29) is 17.3 Å². The van der Waals surface area contributed by atoms with Crippen LogP contribution >= 0.6 is 0 Å². The van der Waals surface area contributed by atoms with Crippen molar-refractivity contribution in [3.63, 3.8) is 0 Å². The van der Waals surface area contributed by atoms with Crippen molar-refractivity contribution in [1.82, 2.24) is 15.0 Å². The van der Waals surface area contributed by atoms with Gasteiger partial charge in [-0.2, -0.15) is 5.26 Å². The lowest BCUT2D eigenvalue weighted by Crippen LogP contribution is -1.99. The molecule has 0 aliphatic heterocycles. The third-order valence-electron chi connectivity index (χ3n) is 6.34. The number of aromatic nitrogens is 3. The van der Waals surface area contributed by atoms with Crippen LogP contribution in [0.5, 0.6) is 23.1 Å². The van der Waals surface area contributed by atoms with Gasteiger partial charge in [0.1, 0.15) is 23.3 Å². The molecule has 6 aromatic rings. The Bertz CT molecular complexity index is 1960. The average Bonchev–Trinajstić information content (AvgIpc) is 2.95. The minimum Gasteiger partial charge on any atom is -0.452 e. The summed E-state index contributed by atoms with van der Waals surface area (Å²) in [6, 6.07) is 26.3. The molecule has 7 heteroatoms. The number of hydrogen-bond acceptors (Lipinski definition) is 6. The zero-order chi connectivity index (χ0) is 26.2. The van der Waals surface area contributed by atoms with E-state index in [4.69, 9.17) is 26.0 Å².